The first-order valence-electron chi connectivity index (χ1n) is 6.81. The Morgan fingerprint density at radius 3 is 2.75 bits per heavy atom. The highest BCUT2D eigenvalue weighted by Gasteiger charge is 2.31. The van der Waals surface area contributed by atoms with Gasteiger partial charge in [-0.25, -0.2) is 24.2 Å². The molecule has 3 rings (SSSR count). The van der Waals surface area contributed by atoms with Gasteiger partial charge in [-0.15, -0.1) is 0 Å². The van der Waals surface area contributed by atoms with Gasteiger partial charge in [-0.3, -0.25) is 0 Å². The summed E-state index contributed by atoms with van der Waals surface area (Å²) in [6, 6.07) is 1.70. The quantitative estimate of drug-likeness (QED) is 0.609. The van der Waals surface area contributed by atoms with Crippen molar-refractivity contribution in [3.05, 3.63) is 11.9 Å². The molecular weight excluding hydrogens is 278 g/mol. The third-order valence-corrected chi connectivity index (χ3v) is 5.58. The number of hydrogen-bond donors (Lipinski definition) is 2. The SMILES string of the molecule is CC1CS(=O)(=O)CCN1c1cc(NN)nc(C2CC2)n1. The smallest absolute Gasteiger partial charge is 0.154 e. The van der Waals surface area contributed by atoms with Crippen LogP contribution in [0.15, 0.2) is 6.07 Å². The number of sulfone groups is 1. The monoisotopic (exact) mass is 297 g/mol. The molecule has 1 saturated heterocycles. The maximum absolute atomic E-state index is 11.7. The molecule has 8 heteroatoms. The molecule has 2 aliphatic rings. The summed E-state index contributed by atoms with van der Waals surface area (Å²) < 4.78 is 23.3. The van der Waals surface area contributed by atoms with Crippen LogP contribution in [-0.2, 0) is 9.84 Å². The van der Waals surface area contributed by atoms with Crippen molar-refractivity contribution < 1.29 is 8.42 Å². The van der Waals surface area contributed by atoms with Crippen molar-refractivity contribution in [2.75, 3.05) is 28.4 Å². The van der Waals surface area contributed by atoms with E-state index in [1.807, 2.05) is 11.8 Å². The molecule has 1 unspecified atom stereocenters. The third kappa shape index (κ3) is 2.71. The van der Waals surface area contributed by atoms with E-state index >= 15 is 0 Å². The zero-order valence-corrected chi connectivity index (χ0v) is 12.2. The highest BCUT2D eigenvalue weighted by molar-refractivity contribution is 7.91. The van der Waals surface area contributed by atoms with E-state index < -0.39 is 9.84 Å². The third-order valence-electron chi connectivity index (χ3n) is 3.78. The number of hydrazine groups is 1. The fourth-order valence-corrected chi connectivity index (χ4v) is 4.09. The van der Waals surface area contributed by atoms with Crippen LogP contribution in [0.25, 0.3) is 0 Å². The molecule has 1 aromatic heterocycles. The van der Waals surface area contributed by atoms with Crippen molar-refractivity contribution in [3.63, 3.8) is 0 Å². The Morgan fingerprint density at radius 2 is 2.15 bits per heavy atom. The second kappa shape index (κ2) is 4.85. The van der Waals surface area contributed by atoms with Crippen LogP contribution in [0.1, 0.15) is 31.5 Å². The average molecular weight is 297 g/mol. The molecule has 110 valence electrons. The zero-order valence-electron chi connectivity index (χ0n) is 11.4. The highest BCUT2D eigenvalue weighted by Crippen LogP contribution is 2.39. The van der Waals surface area contributed by atoms with E-state index in [1.54, 1.807) is 6.07 Å². The molecule has 1 aliphatic carbocycles. The largest absolute Gasteiger partial charge is 0.352 e. The Kier molecular flexibility index (Phi) is 3.29. The van der Waals surface area contributed by atoms with Crippen LogP contribution in [0, 0.1) is 0 Å². The van der Waals surface area contributed by atoms with Gasteiger partial charge >= 0.3 is 0 Å². The average Bonchev–Trinajstić information content (AvgIpc) is 3.21. The summed E-state index contributed by atoms with van der Waals surface area (Å²) in [6.45, 7) is 2.37. The lowest BCUT2D eigenvalue weighted by atomic mass is 10.3. The molecule has 2 heterocycles. The van der Waals surface area contributed by atoms with Gasteiger partial charge in [0, 0.05) is 24.6 Å². The van der Waals surface area contributed by atoms with Gasteiger partial charge in [0.1, 0.15) is 17.5 Å². The first-order chi connectivity index (χ1) is 9.48. The summed E-state index contributed by atoms with van der Waals surface area (Å²) in [4.78, 5) is 11.0. The molecule has 1 saturated carbocycles. The van der Waals surface area contributed by atoms with Gasteiger partial charge in [0.2, 0.25) is 0 Å². The molecule has 1 aromatic rings. The summed E-state index contributed by atoms with van der Waals surface area (Å²) in [5.74, 6) is 8.37. The van der Waals surface area contributed by atoms with Crippen LogP contribution < -0.4 is 16.2 Å². The van der Waals surface area contributed by atoms with Crippen molar-refractivity contribution in [1.82, 2.24) is 9.97 Å². The molecule has 20 heavy (non-hydrogen) atoms. The van der Waals surface area contributed by atoms with E-state index in [9.17, 15) is 8.42 Å². The summed E-state index contributed by atoms with van der Waals surface area (Å²) >= 11 is 0. The minimum absolute atomic E-state index is 0.0821. The van der Waals surface area contributed by atoms with Crippen molar-refractivity contribution in [2.45, 2.75) is 31.7 Å². The number of anilines is 2. The second-order valence-corrected chi connectivity index (χ2v) is 7.77. The van der Waals surface area contributed by atoms with Gasteiger partial charge in [-0.1, -0.05) is 0 Å². The van der Waals surface area contributed by atoms with E-state index in [1.165, 1.54) is 0 Å². The Labute approximate surface area is 118 Å². The van der Waals surface area contributed by atoms with Gasteiger partial charge in [0.05, 0.1) is 11.5 Å². The number of rotatable bonds is 3. The molecular formula is C12H19N5O2S. The summed E-state index contributed by atoms with van der Waals surface area (Å²) in [5.41, 5.74) is 2.56. The maximum Gasteiger partial charge on any atom is 0.154 e. The minimum atomic E-state index is -2.93. The Bertz CT molecular complexity index is 614. The second-order valence-electron chi connectivity index (χ2n) is 5.54. The van der Waals surface area contributed by atoms with Crippen molar-refractivity contribution in [3.8, 4) is 0 Å². The lowest BCUT2D eigenvalue weighted by Crippen LogP contribution is -2.47. The lowest BCUT2D eigenvalue weighted by molar-refractivity contribution is 0.566. The predicted octanol–water partition coefficient (Wildman–Crippen LogP) is 0.263. The Hall–Kier alpha value is -1.41. The topological polar surface area (TPSA) is 101 Å². The number of nitrogens with two attached hydrogens (primary N) is 1. The fourth-order valence-electron chi connectivity index (χ4n) is 2.54. The molecule has 0 amide bonds. The first-order valence-corrected chi connectivity index (χ1v) is 8.63. The van der Waals surface area contributed by atoms with Crippen LogP contribution in [0.5, 0.6) is 0 Å². The molecule has 0 radical (unpaired) electrons. The summed E-state index contributed by atoms with van der Waals surface area (Å²) in [7, 11) is -2.93. The predicted molar refractivity (Wildman–Crippen MR) is 77.3 cm³/mol. The van der Waals surface area contributed by atoms with Gasteiger partial charge in [0.15, 0.2) is 9.84 Å². The van der Waals surface area contributed by atoms with Crippen molar-refractivity contribution in [2.24, 2.45) is 5.84 Å². The summed E-state index contributed by atoms with van der Waals surface area (Å²) in [6.07, 6.45) is 2.22. The number of nitrogen functional groups attached to an aromatic ring is 1. The standard InChI is InChI=1S/C12H19N5O2S/c1-8-7-20(18,19)5-4-17(8)11-6-10(16-13)14-12(15-11)9-2-3-9/h6,8-9H,2-5,7,13H2,1H3,(H,14,15,16). The zero-order chi connectivity index (χ0) is 14.3. The molecule has 0 spiro atoms. The van der Waals surface area contributed by atoms with E-state index in [2.05, 4.69) is 15.4 Å². The fraction of sp³-hybridized carbons (Fsp3) is 0.667. The number of hydrogen-bond acceptors (Lipinski definition) is 7. The Balaban J connectivity index is 1.91. The van der Waals surface area contributed by atoms with Gasteiger partial charge in [-0.2, -0.15) is 0 Å². The van der Waals surface area contributed by atoms with E-state index in [-0.39, 0.29) is 17.5 Å². The van der Waals surface area contributed by atoms with Gasteiger partial charge in [0.25, 0.3) is 0 Å². The van der Waals surface area contributed by atoms with Gasteiger partial charge < -0.3 is 10.3 Å². The van der Waals surface area contributed by atoms with Crippen LogP contribution in [-0.4, -0.2) is 42.5 Å². The molecule has 3 N–H and O–H groups in total. The molecule has 0 aromatic carbocycles. The van der Waals surface area contributed by atoms with E-state index in [4.69, 9.17) is 5.84 Å². The Morgan fingerprint density at radius 1 is 1.40 bits per heavy atom. The molecule has 1 atom stereocenters. The number of aromatic nitrogens is 2. The van der Waals surface area contributed by atoms with Crippen LogP contribution in [0.4, 0.5) is 11.6 Å². The highest BCUT2D eigenvalue weighted by atomic mass is 32.2. The maximum atomic E-state index is 11.7. The van der Waals surface area contributed by atoms with E-state index in [0.717, 1.165) is 24.5 Å². The van der Waals surface area contributed by atoms with Gasteiger partial charge in [-0.05, 0) is 19.8 Å². The van der Waals surface area contributed by atoms with Crippen LogP contribution in [0.3, 0.4) is 0 Å². The molecule has 1 aliphatic heterocycles. The first kappa shape index (κ1) is 13.6. The summed E-state index contributed by atoms with van der Waals surface area (Å²) in [5, 5.41) is 0. The number of nitrogens with one attached hydrogen (secondary N) is 1. The van der Waals surface area contributed by atoms with E-state index in [0.29, 0.717) is 18.3 Å². The molecule has 0 bridgehead atoms. The minimum Gasteiger partial charge on any atom is -0.352 e. The normalized spacial score (nSPS) is 25.5. The van der Waals surface area contributed by atoms with Crippen molar-refractivity contribution >= 4 is 21.5 Å². The molecule has 7 nitrogen and oxygen atoms in total. The van der Waals surface area contributed by atoms with Crippen molar-refractivity contribution in [1.29, 1.82) is 0 Å². The lowest BCUT2D eigenvalue weighted by Gasteiger charge is -2.34. The van der Waals surface area contributed by atoms with Crippen LogP contribution in [0.2, 0.25) is 0 Å². The molecule has 2 fully saturated rings. The van der Waals surface area contributed by atoms with Crippen LogP contribution >= 0.6 is 0 Å². The number of nitrogens with zero attached hydrogens (tertiary/aromatic N) is 3.